The Morgan fingerprint density at radius 3 is 2.41 bits per heavy atom. The number of ketones is 1. The van der Waals surface area contributed by atoms with Crippen LogP contribution in [0.2, 0.25) is 0 Å². The maximum Gasteiger partial charge on any atom is 0.431 e. The van der Waals surface area contributed by atoms with Gasteiger partial charge >= 0.3 is 6.18 Å². The summed E-state index contributed by atoms with van der Waals surface area (Å²) in [5, 5.41) is 0.477. The molecule has 0 unspecified atom stereocenters. The number of nitrogens with zero attached hydrogens (tertiary/aromatic N) is 1. The van der Waals surface area contributed by atoms with Gasteiger partial charge in [0.25, 0.3) is 0 Å². The monoisotopic (exact) mass is 241 g/mol. The summed E-state index contributed by atoms with van der Waals surface area (Å²) in [6, 6.07) is 5.62. The first-order chi connectivity index (χ1) is 7.80. The van der Waals surface area contributed by atoms with E-state index in [4.69, 9.17) is 0 Å². The lowest BCUT2D eigenvalue weighted by Crippen LogP contribution is -2.10. The number of benzene rings is 1. The maximum absolute atomic E-state index is 12.7. The molecule has 90 valence electrons. The number of rotatable bonds is 1. The second kappa shape index (κ2) is 3.61. The Morgan fingerprint density at radius 1 is 1.24 bits per heavy atom. The predicted molar refractivity (Wildman–Crippen MR) is 57.9 cm³/mol. The number of aryl methyl sites for hydroxylation is 1. The van der Waals surface area contributed by atoms with Crippen LogP contribution in [-0.4, -0.2) is 10.4 Å². The molecule has 0 fully saturated rings. The molecule has 0 aliphatic rings. The number of alkyl halides is 3. The molecule has 0 N–H and O–H groups in total. The zero-order valence-corrected chi connectivity index (χ0v) is 9.30. The molecule has 1 aromatic heterocycles. The van der Waals surface area contributed by atoms with Crippen LogP contribution in [-0.2, 0) is 13.2 Å². The molecule has 2 nitrogen and oxygen atoms in total. The third-order valence-electron chi connectivity index (χ3n) is 2.74. The molecule has 0 amide bonds. The first kappa shape index (κ1) is 11.7. The summed E-state index contributed by atoms with van der Waals surface area (Å²) in [4.78, 5) is 11.2. The van der Waals surface area contributed by atoms with Crippen molar-refractivity contribution in [2.75, 3.05) is 0 Å². The Balaban J connectivity index is 2.71. The van der Waals surface area contributed by atoms with E-state index < -0.39 is 11.9 Å². The minimum absolute atomic E-state index is 0.165. The van der Waals surface area contributed by atoms with Crippen LogP contribution in [0.3, 0.4) is 0 Å². The van der Waals surface area contributed by atoms with Crippen LogP contribution in [0.4, 0.5) is 13.2 Å². The van der Waals surface area contributed by atoms with Crippen LogP contribution in [0, 0.1) is 0 Å². The summed E-state index contributed by atoms with van der Waals surface area (Å²) in [6.45, 7) is 1.38. The summed E-state index contributed by atoms with van der Waals surface area (Å²) in [7, 11) is 1.34. The molecule has 0 atom stereocenters. The van der Waals surface area contributed by atoms with Gasteiger partial charge in [-0.05, 0) is 19.1 Å². The van der Waals surface area contributed by atoms with Crippen LogP contribution < -0.4 is 0 Å². The van der Waals surface area contributed by atoms with Crippen LogP contribution in [0.15, 0.2) is 24.3 Å². The maximum atomic E-state index is 12.7. The molecule has 1 heterocycles. The Bertz CT molecular complexity index is 596. The summed E-state index contributed by atoms with van der Waals surface area (Å²) in [6.07, 6.45) is -4.38. The van der Waals surface area contributed by atoms with Gasteiger partial charge in [0.1, 0.15) is 5.69 Å². The SMILES string of the molecule is CC(=O)c1ccc2cc(C(F)(F)F)n(C)c2c1. The van der Waals surface area contributed by atoms with E-state index in [1.165, 1.54) is 32.2 Å². The number of fused-ring (bicyclic) bond motifs is 1. The van der Waals surface area contributed by atoms with Crippen molar-refractivity contribution in [3.63, 3.8) is 0 Å². The highest BCUT2D eigenvalue weighted by Gasteiger charge is 2.34. The molecule has 0 spiro atoms. The van der Waals surface area contributed by atoms with Gasteiger partial charge in [-0.1, -0.05) is 12.1 Å². The third-order valence-corrected chi connectivity index (χ3v) is 2.74. The molecule has 5 heteroatoms. The molecular formula is C12H10F3NO. The number of halogens is 3. The van der Waals surface area contributed by atoms with Gasteiger partial charge in [-0.25, -0.2) is 0 Å². The number of carbonyl (C=O) groups is 1. The highest BCUT2D eigenvalue weighted by molar-refractivity contribution is 5.98. The molecule has 0 aliphatic heterocycles. The van der Waals surface area contributed by atoms with Crippen LogP contribution >= 0.6 is 0 Å². The number of Topliss-reactive ketones (excluding diaryl/α,β-unsaturated/α-hetero) is 1. The lowest BCUT2D eigenvalue weighted by atomic mass is 10.1. The number of hydrogen-bond donors (Lipinski definition) is 0. The lowest BCUT2D eigenvalue weighted by Gasteiger charge is -2.07. The Hall–Kier alpha value is -1.78. The molecule has 0 bridgehead atoms. The summed E-state index contributed by atoms with van der Waals surface area (Å²) in [5.41, 5.74) is 0.102. The minimum atomic E-state index is -4.38. The fourth-order valence-electron chi connectivity index (χ4n) is 1.82. The van der Waals surface area contributed by atoms with Crippen molar-refractivity contribution in [1.29, 1.82) is 0 Å². The van der Waals surface area contributed by atoms with E-state index in [1.54, 1.807) is 0 Å². The van der Waals surface area contributed by atoms with Crippen LogP contribution in [0.25, 0.3) is 10.9 Å². The summed E-state index contributed by atoms with van der Waals surface area (Å²) < 4.78 is 39.0. The number of hydrogen-bond acceptors (Lipinski definition) is 1. The molecule has 0 saturated heterocycles. The van der Waals surface area contributed by atoms with E-state index in [0.717, 1.165) is 10.6 Å². The fraction of sp³-hybridized carbons (Fsp3) is 0.250. The van der Waals surface area contributed by atoms with E-state index in [1.807, 2.05) is 0 Å². The zero-order valence-electron chi connectivity index (χ0n) is 9.30. The van der Waals surface area contributed by atoms with Crippen molar-refractivity contribution in [3.8, 4) is 0 Å². The average molecular weight is 241 g/mol. The van der Waals surface area contributed by atoms with Crippen LogP contribution in [0.5, 0.6) is 0 Å². The molecule has 17 heavy (non-hydrogen) atoms. The van der Waals surface area contributed by atoms with E-state index >= 15 is 0 Å². The molecule has 2 rings (SSSR count). The van der Waals surface area contributed by atoms with Gasteiger partial charge in [-0.3, -0.25) is 4.79 Å². The van der Waals surface area contributed by atoms with E-state index in [0.29, 0.717) is 16.5 Å². The van der Waals surface area contributed by atoms with Gasteiger partial charge in [0, 0.05) is 23.5 Å². The Labute approximate surface area is 95.7 Å². The van der Waals surface area contributed by atoms with Crippen LogP contribution in [0.1, 0.15) is 23.0 Å². The molecule has 2 aromatic rings. The first-order valence-corrected chi connectivity index (χ1v) is 4.98. The van der Waals surface area contributed by atoms with Gasteiger partial charge in [0.2, 0.25) is 0 Å². The fourth-order valence-corrected chi connectivity index (χ4v) is 1.82. The van der Waals surface area contributed by atoms with Gasteiger partial charge in [0.15, 0.2) is 5.78 Å². The van der Waals surface area contributed by atoms with Gasteiger partial charge in [-0.15, -0.1) is 0 Å². The first-order valence-electron chi connectivity index (χ1n) is 4.98. The van der Waals surface area contributed by atoms with E-state index in [9.17, 15) is 18.0 Å². The predicted octanol–water partition coefficient (Wildman–Crippen LogP) is 3.40. The zero-order chi connectivity index (χ0) is 12.8. The highest BCUT2D eigenvalue weighted by Crippen LogP contribution is 2.33. The minimum Gasteiger partial charge on any atom is -0.340 e. The standard InChI is InChI=1S/C12H10F3NO/c1-7(17)8-3-4-9-6-11(12(13,14)15)16(2)10(9)5-8/h3-6H,1-2H3. The molecule has 0 aliphatic carbocycles. The molecular weight excluding hydrogens is 231 g/mol. The van der Waals surface area contributed by atoms with Crippen molar-refractivity contribution in [3.05, 3.63) is 35.5 Å². The van der Waals surface area contributed by atoms with Crippen molar-refractivity contribution < 1.29 is 18.0 Å². The number of aromatic nitrogens is 1. The van der Waals surface area contributed by atoms with Crippen molar-refractivity contribution in [1.82, 2.24) is 4.57 Å². The highest BCUT2D eigenvalue weighted by atomic mass is 19.4. The second-order valence-corrected chi connectivity index (χ2v) is 3.92. The second-order valence-electron chi connectivity index (χ2n) is 3.92. The Morgan fingerprint density at radius 2 is 1.88 bits per heavy atom. The average Bonchev–Trinajstić information content (AvgIpc) is 2.55. The number of carbonyl (C=O) groups excluding carboxylic acids is 1. The van der Waals surface area contributed by atoms with E-state index in [2.05, 4.69) is 0 Å². The topological polar surface area (TPSA) is 22.0 Å². The normalized spacial score (nSPS) is 12.1. The third kappa shape index (κ3) is 1.92. The van der Waals surface area contributed by atoms with Crippen molar-refractivity contribution in [2.45, 2.75) is 13.1 Å². The van der Waals surface area contributed by atoms with Gasteiger partial charge in [0.05, 0.1) is 0 Å². The molecule has 1 aromatic carbocycles. The van der Waals surface area contributed by atoms with Gasteiger partial charge in [-0.2, -0.15) is 13.2 Å². The lowest BCUT2D eigenvalue weighted by molar-refractivity contribution is -0.142. The smallest absolute Gasteiger partial charge is 0.340 e. The van der Waals surface area contributed by atoms with Gasteiger partial charge < -0.3 is 4.57 Å². The summed E-state index contributed by atoms with van der Waals surface area (Å²) >= 11 is 0. The molecule has 0 radical (unpaired) electrons. The Kier molecular flexibility index (Phi) is 2.49. The molecule has 0 saturated carbocycles. The largest absolute Gasteiger partial charge is 0.431 e. The quantitative estimate of drug-likeness (QED) is 0.701. The summed E-state index contributed by atoms with van der Waals surface area (Å²) in [5.74, 6) is -0.165. The van der Waals surface area contributed by atoms with Crippen molar-refractivity contribution in [2.24, 2.45) is 7.05 Å². The van der Waals surface area contributed by atoms with Crippen molar-refractivity contribution >= 4 is 16.7 Å². The van der Waals surface area contributed by atoms with E-state index in [-0.39, 0.29) is 5.78 Å².